The average molecular weight is 361 g/mol. The van der Waals surface area contributed by atoms with Crippen LogP contribution in [0.5, 0.6) is 0 Å². The van der Waals surface area contributed by atoms with E-state index in [0.717, 1.165) is 60.0 Å². The lowest BCUT2D eigenvalue weighted by Crippen LogP contribution is -2.36. The fraction of sp³-hybridized carbons (Fsp3) is 0.263. The van der Waals surface area contributed by atoms with Crippen LogP contribution in [0.4, 0.5) is 5.82 Å². The van der Waals surface area contributed by atoms with Crippen molar-refractivity contribution in [3.63, 3.8) is 0 Å². The molecule has 0 radical (unpaired) electrons. The quantitative estimate of drug-likeness (QED) is 0.742. The highest BCUT2D eigenvalue weighted by Crippen LogP contribution is 2.29. The Hall–Kier alpha value is -3.26. The molecule has 1 fully saturated rings. The zero-order valence-corrected chi connectivity index (χ0v) is 14.7. The number of rotatable bonds is 3. The van der Waals surface area contributed by atoms with Crippen LogP contribution >= 0.6 is 0 Å². The van der Waals surface area contributed by atoms with Crippen molar-refractivity contribution in [3.8, 4) is 11.4 Å². The summed E-state index contributed by atoms with van der Waals surface area (Å²) in [5.74, 6) is 0.904. The second-order valence-electron chi connectivity index (χ2n) is 6.50. The van der Waals surface area contributed by atoms with Gasteiger partial charge in [-0.15, -0.1) is 0 Å². The van der Waals surface area contributed by atoms with Crippen LogP contribution in [0.3, 0.4) is 0 Å². The molecule has 2 aliphatic rings. The molecule has 1 aromatic carbocycles. The third-order valence-electron chi connectivity index (χ3n) is 4.85. The van der Waals surface area contributed by atoms with Crippen molar-refractivity contribution in [2.24, 2.45) is 4.99 Å². The van der Waals surface area contributed by atoms with Crippen LogP contribution in [-0.2, 0) is 4.74 Å². The van der Waals surface area contributed by atoms with Crippen LogP contribution in [-0.4, -0.2) is 52.7 Å². The van der Waals surface area contributed by atoms with E-state index in [1.54, 1.807) is 12.5 Å². The van der Waals surface area contributed by atoms with Crippen molar-refractivity contribution < 1.29 is 4.74 Å². The number of aromatic amines is 1. The van der Waals surface area contributed by atoms with Crippen LogP contribution < -0.4 is 10.2 Å². The first-order chi connectivity index (χ1) is 13.4. The smallest absolute Gasteiger partial charge is 0.132 e. The summed E-state index contributed by atoms with van der Waals surface area (Å²) in [5, 5.41) is 11.9. The van der Waals surface area contributed by atoms with Crippen LogP contribution in [0.2, 0.25) is 0 Å². The Morgan fingerprint density at radius 1 is 1.11 bits per heavy atom. The van der Waals surface area contributed by atoms with Crippen molar-refractivity contribution in [2.75, 3.05) is 31.2 Å². The van der Waals surface area contributed by atoms with E-state index in [-0.39, 0.29) is 6.04 Å². The summed E-state index contributed by atoms with van der Waals surface area (Å²) >= 11 is 0. The summed E-state index contributed by atoms with van der Waals surface area (Å²) in [5.41, 5.74) is 3.73. The number of aromatic nitrogens is 4. The normalized spacial score (nSPS) is 19.4. The number of H-pyrrole nitrogens is 1. The van der Waals surface area contributed by atoms with Gasteiger partial charge in [-0.2, -0.15) is 5.10 Å². The lowest BCUT2D eigenvalue weighted by molar-refractivity contribution is 0.122. The van der Waals surface area contributed by atoms with Crippen molar-refractivity contribution in [1.29, 1.82) is 0 Å². The van der Waals surface area contributed by atoms with Crippen LogP contribution in [0, 0.1) is 0 Å². The molecule has 1 unspecified atom stereocenters. The van der Waals surface area contributed by atoms with Gasteiger partial charge in [-0.05, 0) is 17.7 Å². The van der Waals surface area contributed by atoms with E-state index in [0.29, 0.717) is 0 Å². The molecule has 0 spiro atoms. The SMILES string of the molecule is C1=CNC(c2ccc3[nH]nc(-c4cc(N5CCOCC5)ncn4)c3c2)C=N1. The number of benzene rings is 1. The van der Waals surface area contributed by atoms with Gasteiger partial charge in [0.1, 0.15) is 17.8 Å². The third kappa shape index (κ3) is 3.04. The van der Waals surface area contributed by atoms with Gasteiger partial charge in [-0.3, -0.25) is 10.1 Å². The highest BCUT2D eigenvalue weighted by atomic mass is 16.5. The zero-order chi connectivity index (χ0) is 18.1. The second kappa shape index (κ2) is 6.81. The van der Waals surface area contributed by atoms with Gasteiger partial charge in [0, 0.05) is 43.2 Å². The fourth-order valence-corrected chi connectivity index (χ4v) is 3.41. The molecule has 4 heterocycles. The molecule has 2 aromatic heterocycles. The van der Waals surface area contributed by atoms with Crippen molar-refractivity contribution in [3.05, 3.63) is 48.6 Å². The Balaban J connectivity index is 1.52. The number of morpholine rings is 1. The molecule has 8 heteroatoms. The Morgan fingerprint density at radius 2 is 2.04 bits per heavy atom. The molecule has 3 aromatic rings. The third-order valence-corrected chi connectivity index (χ3v) is 4.85. The summed E-state index contributed by atoms with van der Waals surface area (Å²) in [7, 11) is 0. The summed E-state index contributed by atoms with van der Waals surface area (Å²) in [4.78, 5) is 15.3. The maximum Gasteiger partial charge on any atom is 0.132 e. The van der Waals surface area contributed by atoms with Gasteiger partial charge in [0.25, 0.3) is 0 Å². The molecule has 5 rings (SSSR count). The number of hydrogen-bond donors (Lipinski definition) is 2. The van der Waals surface area contributed by atoms with Gasteiger partial charge < -0.3 is 15.0 Å². The fourth-order valence-electron chi connectivity index (χ4n) is 3.41. The molecule has 8 nitrogen and oxygen atoms in total. The van der Waals surface area contributed by atoms with E-state index in [4.69, 9.17) is 4.74 Å². The van der Waals surface area contributed by atoms with E-state index in [1.807, 2.05) is 24.5 Å². The Morgan fingerprint density at radius 3 is 2.89 bits per heavy atom. The summed E-state index contributed by atoms with van der Waals surface area (Å²) in [6.07, 6.45) is 7.09. The topological polar surface area (TPSA) is 91.3 Å². The minimum Gasteiger partial charge on any atom is -0.378 e. The molecular formula is C19H19N7O. The van der Waals surface area contributed by atoms with Crippen LogP contribution in [0.25, 0.3) is 22.3 Å². The summed E-state index contributed by atoms with van der Waals surface area (Å²) in [6, 6.07) is 8.30. The highest BCUT2D eigenvalue weighted by molar-refractivity contribution is 5.93. The Labute approximate surface area is 156 Å². The molecular weight excluding hydrogens is 342 g/mol. The predicted octanol–water partition coefficient (Wildman–Crippen LogP) is 2.04. The van der Waals surface area contributed by atoms with E-state index in [9.17, 15) is 0 Å². The highest BCUT2D eigenvalue weighted by Gasteiger charge is 2.17. The maximum atomic E-state index is 5.43. The summed E-state index contributed by atoms with van der Waals surface area (Å²) < 4.78 is 5.43. The first-order valence-electron chi connectivity index (χ1n) is 8.96. The molecule has 1 atom stereocenters. The van der Waals surface area contributed by atoms with E-state index >= 15 is 0 Å². The van der Waals surface area contributed by atoms with Gasteiger partial charge in [0.15, 0.2) is 0 Å². The van der Waals surface area contributed by atoms with Gasteiger partial charge in [0.05, 0.1) is 30.5 Å². The Kier molecular flexibility index (Phi) is 4.02. The minimum atomic E-state index is 0.0523. The zero-order valence-electron chi connectivity index (χ0n) is 14.7. The molecule has 1 saturated heterocycles. The largest absolute Gasteiger partial charge is 0.378 e. The first-order valence-corrected chi connectivity index (χ1v) is 8.96. The molecule has 0 saturated carbocycles. The average Bonchev–Trinajstić information content (AvgIpc) is 3.18. The van der Waals surface area contributed by atoms with Gasteiger partial charge in [-0.25, -0.2) is 9.97 Å². The van der Waals surface area contributed by atoms with Gasteiger partial charge in [0.2, 0.25) is 0 Å². The molecule has 0 aliphatic carbocycles. The standard InChI is InChI=1S/C19H19N7O/c1-2-15-14(9-13(1)17-11-20-3-4-21-17)19(25-24-15)16-10-18(23-12-22-16)26-5-7-27-8-6-26/h1-4,9-12,17,21H,5-8H2,(H,24,25). The van der Waals surface area contributed by atoms with Crippen LogP contribution in [0.1, 0.15) is 11.6 Å². The maximum absolute atomic E-state index is 5.43. The number of anilines is 1. The number of ether oxygens (including phenoxy) is 1. The molecule has 27 heavy (non-hydrogen) atoms. The first kappa shape index (κ1) is 16.0. The van der Waals surface area contributed by atoms with E-state index in [1.165, 1.54) is 0 Å². The minimum absolute atomic E-state index is 0.0523. The van der Waals surface area contributed by atoms with Crippen LogP contribution in [0.15, 0.2) is 48.0 Å². The Bertz CT molecular complexity index is 1020. The van der Waals surface area contributed by atoms with Crippen molar-refractivity contribution in [1.82, 2.24) is 25.5 Å². The molecule has 0 amide bonds. The van der Waals surface area contributed by atoms with Gasteiger partial charge in [-0.1, -0.05) is 6.07 Å². The van der Waals surface area contributed by atoms with Crippen molar-refractivity contribution in [2.45, 2.75) is 6.04 Å². The molecule has 2 N–H and O–H groups in total. The predicted molar refractivity (Wildman–Crippen MR) is 104 cm³/mol. The number of nitrogens with one attached hydrogen (secondary N) is 2. The number of nitrogens with zero attached hydrogens (tertiary/aromatic N) is 5. The summed E-state index contributed by atoms with van der Waals surface area (Å²) in [6.45, 7) is 3.11. The number of hydrogen-bond acceptors (Lipinski definition) is 7. The number of fused-ring (bicyclic) bond motifs is 1. The lowest BCUT2D eigenvalue weighted by atomic mass is 10.0. The second-order valence-corrected chi connectivity index (χ2v) is 6.50. The monoisotopic (exact) mass is 361 g/mol. The molecule has 2 aliphatic heterocycles. The molecule has 0 bridgehead atoms. The van der Waals surface area contributed by atoms with E-state index < -0.39 is 0 Å². The molecule has 136 valence electrons. The van der Waals surface area contributed by atoms with E-state index in [2.05, 4.69) is 47.5 Å². The van der Waals surface area contributed by atoms with Crippen molar-refractivity contribution >= 4 is 22.9 Å². The lowest BCUT2D eigenvalue weighted by Gasteiger charge is -2.27. The number of aliphatic imine (C=N–C) groups is 1. The van der Waals surface area contributed by atoms with Gasteiger partial charge >= 0.3 is 0 Å².